The van der Waals surface area contributed by atoms with E-state index >= 15 is 0 Å². The molecule has 0 spiro atoms. The maximum Gasteiger partial charge on any atom is 0.240 e. The standard InChI is InChI=1S/C21H18BrF2N5O2S/c22-16-13-26-29-20(12-19(28-21(16)29)14-5-2-1-3-6-14)25-9-4-10-27-32(30,31)15-7-8-17(23)18(24)11-15/h1-3,5-8,11-13,25,27H,4,9-10H2. The third-order valence-electron chi connectivity index (χ3n) is 4.65. The minimum Gasteiger partial charge on any atom is -0.370 e. The molecule has 0 aliphatic carbocycles. The summed E-state index contributed by atoms with van der Waals surface area (Å²) >= 11 is 3.45. The van der Waals surface area contributed by atoms with Crippen LogP contribution < -0.4 is 10.0 Å². The van der Waals surface area contributed by atoms with Crippen LogP contribution in [0.3, 0.4) is 0 Å². The van der Waals surface area contributed by atoms with Gasteiger partial charge in [-0.15, -0.1) is 0 Å². The van der Waals surface area contributed by atoms with Gasteiger partial charge in [0.25, 0.3) is 0 Å². The molecule has 7 nitrogen and oxygen atoms in total. The van der Waals surface area contributed by atoms with Crippen molar-refractivity contribution >= 4 is 37.4 Å². The largest absolute Gasteiger partial charge is 0.370 e. The van der Waals surface area contributed by atoms with Gasteiger partial charge in [0.15, 0.2) is 17.3 Å². The average molecular weight is 522 g/mol. The van der Waals surface area contributed by atoms with E-state index in [0.29, 0.717) is 30.5 Å². The molecule has 0 bridgehead atoms. The zero-order chi connectivity index (χ0) is 22.7. The third kappa shape index (κ3) is 4.79. The predicted octanol–water partition coefficient (Wildman–Crippen LogP) is 4.22. The number of hydrogen-bond donors (Lipinski definition) is 2. The number of halogens is 3. The zero-order valence-corrected chi connectivity index (χ0v) is 19.0. The summed E-state index contributed by atoms with van der Waals surface area (Å²) in [5.74, 6) is -1.61. The van der Waals surface area contributed by atoms with E-state index in [1.165, 1.54) is 0 Å². The van der Waals surface area contributed by atoms with Crippen LogP contribution in [0.15, 0.2) is 70.2 Å². The van der Waals surface area contributed by atoms with Gasteiger partial charge in [-0.1, -0.05) is 30.3 Å². The number of nitrogens with one attached hydrogen (secondary N) is 2. The van der Waals surface area contributed by atoms with Gasteiger partial charge < -0.3 is 5.32 Å². The molecule has 0 saturated heterocycles. The summed E-state index contributed by atoms with van der Waals surface area (Å²) in [6, 6.07) is 14.0. The van der Waals surface area contributed by atoms with Crippen molar-refractivity contribution in [3.05, 3.63) is 76.9 Å². The molecule has 0 fully saturated rings. The van der Waals surface area contributed by atoms with Gasteiger partial charge in [-0.3, -0.25) is 0 Å². The smallest absolute Gasteiger partial charge is 0.240 e. The van der Waals surface area contributed by atoms with E-state index in [2.05, 4.69) is 36.1 Å². The second-order valence-electron chi connectivity index (χ2n) is 6.87. The van der Waals surface area contributed by atoms with Crippen molar-refractivity contribution in [3.63, 3.8) is 0 Å². The van der Waals surface area contributed by atoms with Crippen LogP contribution in [0.5, 0.6) is 0 Å². The second kappa shape index (κ2) is 9.31. The first-order valence-corrected chi connectivity index (χ1v) is 11.9. The quantitative estimate of drug-likeness (QED) is 0.339. The minimum absolute atomic E-state index is 0.108. The molecule has 4 rings (SSSR count). The Labute approximate surface area is 191 Å². The molecular formula is C21H18BrF2N5O2S. The Balaban J connectivity index is 1.43. The predicted molar refractivity (Wildman–Crippen MR) is 121 cm³/mol. The Morgan fingerprint density at radius 3 is 2.53 bits per heavy atom. The molecule has 0 atom stereocenters. The van der Waals surface area contributed by atoms with E-state index < -0.39 is 21.7 Å². The van der Waals surface area contributed by atoms with Crippen molar-refractivity contribution in [2.75, 3.05) is 18.4 Å². The second-order valence-corrected chi connectivity index (χ2v) is 9.50. The monoisotopic (exact) mass is 521 g/mol. The Hall–Kier alpha value is -2.89. The molecule has 0 aliphatic rings. The number of nitrogens with zero attached hydrogens (tertiary/aromatic N) is 3. The molecule has 0 radical (unpaired) electrons. The van der Waals surface area contributed by atoms with Gasteiger partial charge >= 0.3 is 0 Å². The summed E-state index contributed by atoms with van der Waals surface area (Å²) in [4.78, 5) is 4.33. The lowest BCUT2D eigenvalue weighted by Gasteiger charge is -2.11. The number of sulfonamides is 1. The van der Waals surface area contributed by atoms with Gasteiger partial charge in [-0.25, -0.2) is 26.9 Å². The molecule has 0 aliphatic heterocycles. The van der Waals surface area contributed by atoms with Crippen molar-refractivity contribution in [2.24, 2.45) is 0 Å². The molecule has 0 saturated carbocycles. The fourth-order valence-electron chi connectivity index (χ4n) is 3.06. The third-order valence-corrected chi connectivity index (χ3v) is 6.67. The summed E-state index contributed by atoms with van der Waals surface area (Å²) in [6.07, 6.45) is 2.09. The highest BCUT2D eigenvalue weighted by Gasteiger charge is 2.16. The van der Waals surface area contributed by atoms with Crippen molar-refractivity contribution in [3.8, 4) is 11.3 Å². The average Bonchev–Trinajstić information content (AvgIpc) is 3.16. The minimum atomic E-state index is -3.94. The first-order valence-electron chi connectivity index (χ1n) is 9.63. The van der Waals surface area contributed by atoms with E-state index in [0.717, 1.165) is 27.9 Å². The summed E-state index contributed by atoms with van der Waals surface area (Å²) in [5.41, 5.74) is 2.36. The van der Waals surface area contributed by atoms with Crippen molar-refractivity contribution in [1.82, 2.24) is 19.3 Å². The normalized spacial score (nSPS) is 11.7. The van der Waals surface area contributed by atoms with Crippen molar-refractivity contribution in [1.29, 1.82) is 0 Å². The fourth-order valence-corrected chi connectivity index (χ4v) is 4.49. The molecule has 2 heterocycles. The Morgan fingerprint density at radius 1 is 1.00 bits per heavy atom. The molecule has 0 amide bonds. The highest BCUT2D eigenvalue weighted by atomic mass is 79.9. The molecule has 2 aromatic heterocycles. The number of fused-ring (bicyclic) bond motifs is 1. The van der Waals surface area contributed by atoms with Gasteiger partial charge in [-0.05, 0) is 40.5 Å². The lowest BCUT2D eigenvalue weighted by atomic mass is 10.1. The fraction of sp³-hybridized carbons (Fsp3) is 0.143. The van der Waals surface area contributed by atoms with Crippen LogP contribution in [0.4, 0.5) is 14.6 Å². The Morgan fingerprint density at radius 2 is 1.78 bits per heavy atom. The number of anilines is 1. The van der Waals surface area contributed by atoms with Crippen LogP contribution in [-0.4, -0.2) is 36.1 Å². The molecule has 166 valence electrons. The maximum atomic E-state index is 13.3. The van der Waals surface area contributed by atoms with Crippen LogP contribution in [-0.2, 0) is 10.0 Å². The maximum absolute atomic E-state index is 13.3. The van der Waals surface area contributed by atoms with Gasteiger partial charge in [0.1, 0.15) is 5.82 Å². The topological polar surface area (TPSA) is 88.4 Å². The van der Waals surface area contributed by atoms with Gasteiger partial charge in [0.2, 0.25) is 10.0 Å². The molecule has 0 unspecified atom stereocenters. The van der Waals surface area contributed by atoms with E-state index in [9.17, 15) is 17.2 Å². The summed E-state index contributed by atoms with van der Waals surface area (Å²) in [5, 5.41) is 7.56. The summed E-state index contributed by atoms with van der Waals surface area (Å²) < 4.78 is 55.7. The molecule has 11 heteroatoms. The Kier molecular flexibility index (Phi) is 6.49. The van der Waals surface area contributed by atoms with E-state index in [1.807, 2.05) is 36.4 Å². The summed E-state index contributed by atoms with van der Waals surface area (Å²) in [6.45, 7) is 0.544. The lowest BCUT2D eigenvalue weighted by Crippen LogP contribution is -2.26. The van der Waals surface area contributed by atoms with Crippen LogP contribution >= 0.6 is 15.9 Å². The van der Waals surface area contributed by atoms with E-state index in [1.54, 1.807) is 10.7 Å². The van der Waals surface area contributed by atoms with Crippen LogP contribution in [0.25, 0.3) is 16.9 Å². The first kappa shape index (κ1) is 22.3. The van der Waals surface area contributed by atoms with Crippen LogP contribution in [0.2, 0.25) is 0 Å². The number of hydrogen-bond acceptors (Lipinski definition) is 5. The number of benzene rings is 2. The molecule has 2 aromatic carbocycles. The van der Waals surface area contributed by atoms with Gasteiger partial charge in [0, 0.05) is 24.7 Å². The molecule has 32 heavy (non-hydrogen) atoms. The number of aromatic nitrogens is 3. The lowest BCUT2D eigenvalue weighted by molar-refractivity contribution is 0.504. The first-order chi connectivity index (χ1) is 15.3. The highest BCUT2D eigenvalue weighted by Crippen LogP contribution is 2.25. The molecular weight excluding hydrogens is 504 g/mol. The molecule has 2 N–H and O–H groups in total. The van der Waals surface area contributed by atoms with E-state index in [-0.39, 0.29) is 11.4 Å². The Bertz CT molecular complexity index is 1360. The van der Waals surface area contributed by atoms with Crippen molar-refractivity contribution in [2.45, 2.75) is 11.3 Å². The molecule has 4 aromatic rings. The SMILES string of the molecule is O=S(=O)(NCCCNc1cc(-c2ccccc2)nc2c(Br)cnn12)c1ccc(F)c(F)c1. The van der Waals surface area contributed by atoms with Crippen LogP contribution in [0.1, 0.15) is 6.42 Å². The van der Waals surface area contributed by atoms with Gasteiger partial charge in [-0.2, -0.15) is 9.61 Å². The van der Waals surface area contributed by atoms with Crippen molar-refractivity contribution < 1.29 is 17.2 Å². The van der Waals surface area contributed by atoms with Crippen LogP contribution in [0, 0.1) is 11.6 Å². The van der Waals surface area contributed by atoms with E-state index in [4.69, 9.17) is 0 Å². The number of rotatable bonds is 8. The highest BCUT2D eigenvalue weighted by molar-refractivity contribution is 9.10. The summed E-state index contributed by atoms with van der Waals surface area (Å²) in [7, 11) is -3.94. The van der Waals surface area contributed by atoms with Gasteiger partial charge in [0.05, 0.1) is 21.3 Å². The zero-order valence-electron chi connectivity index (χ0n) is 16.6.